The van der Waals surface area contributed by atoms with Crippen LogP contribution < -0.4 is 15.4 Å². The summed E-state index contributed by atoms with van der Waals surface area (Å²) in [5.41, 5.74) is -0.314. The Hall–Kier alpha value is -3.36. The molecule has 0 fully saturated rings. The van der Waals surface area contributed by atoms with Gasteiger partial charge in [-0.3, -0.25) is 0 Å². The molecule has 1 heterocycles. The van der Waals surface area contributed by atoms with Crippen LogP contribution in [0.2, 0.25) is 0 Å². The summed E-state index contributed by atoms with van der Waals surface area (Å²) in [4.78, 5) is 4.14. The lowest BCUT2D eigenvalue weighted by Gasteiger charge is -2.14. The predicted octanol–water partition coefficient (Wildman–Crippen LogP) is 4.39. The number of halogens is 3. The van der Waals surface area contributed by atoms with Crippen LogP contribution in [0.15, 0.2) is 54.7 Å². The minimum Gasteiger partial charge on any atom is -0.495 e. The molecule has 26 heavy (non-hydrogen) atoms. The number of aromatic nitrogens is 3. The van der Waals surface area contributed by atoms with Gasteiger partial charge in [0.2, 0.25) is 5.95 Å². The highest BCUT2D eigenvalue weighted by Crippen LogP contribution is 2.35. The first-order valence-corrected chi connectivity index (χ1v) is 7.50. The summed E-state index contributed by atoms with van der Waals surface area (Å²) in [6.07, 6.45) is -3.25. The highest BCUT2D eigenvalue weighted by atomic mass is 19.4. The number of para-hydroxylation sites is 3. The number of hydrogen-bond donors (Lipinski definition) is 2. The third-order valence-electron chi connectivity index (χ3n) is 3.41. The molecule has 0 saturated heterocycles. The van der Waals surface area contributed by atoms with Gasteiger partial charge in [-0.05, 0) is 24.3 Å². The number of anilines is 4. The van der Waals surface area contributed by atoms with Crippen LogP contribution in [-0.2, 0) is 6.18 Å². The van der Waals surface area contributed by atoms with Crippen LogP contribution in [-0.4, -0.2) is 22.3 Å². The van der Waals surface area contributed by atoms with Gasteiger partial charge in [0.1, 0.15) is 5.75 Å². The highest BCUT2D eigenvalue weighted by Gasteiger charge is 2.33. The van der Waals surface area contributed by atoms with Gasteiger partial charge in [-0.2, -0.15) is 23.3 Å². The minimum absolute atomic E-state index is 0.115. The molecule has 0 saturated carbocycles. The van der Waals surface area contributed by atoms with Gasteiger partial charge in [-0.25, -0.2) is 0 Å². The number of nitrogens with one attached hydrogen (secondary N) is 2. The Morgan fingerprint density at radius 1 is 0.923 bits per heavy atom. The maximum atomic E-state index is 13.1. The van der Waals surface area contributed by atoms with Crippen molar-refractivity contribution in [2.75, 3.05) is 17.7 Å². The number of benzene rings is 2. The Bertz CT molecular complexity index is 901. The highest BCUT2D eigenvalue weighted by molar-refractivity contribution is 5.64. The van der Waals surface area contributed by atoms with Crippen molar-refractivity contribution >= 4 is 23.1 Å². The van der Waals surface area contributed by atoms with Gasteiger partial charge in [0.15, 0.2) is 5.82 Å². The van der Waals surface area contributed by atoms with Crippen molar-refractivity contribution < 1.29 is 17.9 Å². The summed E-state index contributed by atoms with van der Waals surface area (Å²) in [6, 6.07) is 12.2. The van der Waals surface area contributed by atoms with Gasteiger partial charge >= 0.3 is 6.18 Å². The zero-order valence-electron chi connectivity index (χ0n) is 13.6. The van der Waals surface area contributed by atoms with Crippen LogP contribution in [0.4, 0.5) is 36.3 Å². The molecule has 2 N–H and O–H groups in total. The molecule has 9 heteroatoms. The number of rotatable bonds is 5. The van der Waals surface area contributed by atoms with E-state index in [1.54, 1.807) is 24.3 Å². The molecule has 0 aliphatic rings. The minimum atomic E-state index is -4.48. The van der Waals surface area contributed by atoms with Crippen LogP contribution in [0, 0.1) is 0 Å². The van der Waals surface area contributed by atoms with Gasteiger partial charge in [-0.15, -0.1) is 5.10 Å². The maximum Gasteiger partial charge on any atom is 0.418 e. The van der Waals surface area contributed by atoms with E-state index < -0.39 is 11.7 Å². The molecule has 0 unspecified atom stereocenters. The fourth-order valence-corrected chi connectivity index (χ4v) is 2.26. The third-order valence-corrected chi connectivity index (χ3v) is 3.41. The number of ether oxygens (including phenoxy) is 1. The second kappa shape index (κ2) is 7.26. The monoisotopic (exact) mass is 361 g/mol. The van der Waals surface area contributed by atoms with Gasteiger partial charge in [0, 0.05) is 0 Å². The smallest absolute Gasteiger partial charge is 0.418 e. The van der Waals surface area contributed by atoms with Crippen molar-refractivity contribution in [3.8, 4) is 5.75 Å². The second-order valence-corrected chi connectivity index (χ2v) is 5.16. The molecule has 0 aliphatic carbocycles. The molecule has 0 amide bonds. The lowest BCUT2D eigenvalue weighted by molar-refractivity contribution is -0.136. The van der Waals surface area contributed by atoms with Crippen molar-refractivity contribution in [1.29, 1.82) is 0 Å². The number of methoxy groups -OCH3 is 1. The number of nitrogens with zero attached hydrogens (tertiary/aromatic N) is 3. The number of hydrogen-bond acceptors (Lipinski definition) is 6. The van der Waals surface area contributed by atoms with Crippen LogP contribution in [0.3, 0.4) is 0 Å². The van der Waals surface area contributed by atoms with E-state index in [1.165, 1.54) is 31.5 Å². The van der Waals surface area contributed by atoms with E-state index in [0.29, 0.717) is 11.4 Å². The summed E-state index contributed by atoms with van der Waals surface area (Å²) in [5, 5.41) is 13.1. The molecular weight excluding hydrogens is 347 g/mol. The van der Waals surface area contributed by atoms with Gasteiger partial charge in [-0.1, -0.05) is 24.3 Å². The van der Waals surface area contributed by atoms with E-state index in [9.17, 15) is 13.2 Å². The van der Waals surface area contributed by atoms with E-state index >= 15 is 0 Å². The molecule has 0 spiro atoms. The van der Waals surface area contributed by atoms with Crippen molar-refractivity contribution in [3.05, 3.63) is 60.3 Å². The van der Waals surface area contributed by atoms with E-state index in [2.05, 4.69) is 25.8 Å². The zero-order chi connectivity index (χ0) is 18.6. The molecule has 134 valence electrons. The van der Waals surface area contributed by atoms with E-state index in [4.69, 9.17) is 4.74 Å². The first kappa shape index (κ1) is 17.5. The molecular formula is C17H14F3N5O. The lowest BCUT2D eigenvalue weighted by Crippen LogP contribution is -2.09. The predicted molar refractivity (Wildman–Crippen MR) is 90.8 cm³/mol. The summed E-state index contributed by atoms with van der Waals surface area (Å²) < 4.78 is 44.5. The Kier molecular flexibility index (Phi) is 4.87. The third kappa shape index (κ3) is 4.00. The first-order chi connectivity index (χ1) is 12.5. The van der Waals surface area contributed by atoms with Gasteiger partial charge in [0.05, 0.1) is 30.2 Å². The second-order valence-electron chi connectivity index (χ2n) is 5.16. The molecule has 2 aromatic carbocycles. The van der Waals surface area contributed by atoms with Gasteiger partial charge < -0.3 is 15.4 Å². The van der Waals surface area contributed by atoms with Crippen LogP contribution >= 0.6 is 0 Å². The summed E-state index contributed by atoms with van der Waals surface area (Å²) in [7, 11) is 1.52. The normalized spacial score (nSPS) is 11.1. The van der Waals surface area contributed by atoms with E-state index in [-0.39, 0.29) is 17.5 Å². The van der Waals surface area contributed by atoms with Crippen molar-refractivity contribution in [3.63, 3.8) is 0 Å². The van der Waals surface area contributed by atoms with Crippen molar-refractivity contribution in [2.45, 2.75) is 6.18 Å². The molecule has 0 aliphatic heterocycles. The first-order valence-electron chi connectivity index (χ1n) is 7.50. The van der Waals surface area contributed by atoms with E-state index in [0.717, 1.165) is 6.07 Å². The Labute approximate surface area is 147 Å². The molecule has 0 atom stereocenters. The zero-order valence-corrected chi connectivity index (χ0v) is 13.6. The molecule has 3 aromatic rings. The fourth-order valence-electron chi connectivity index (χ4n) is 2.26. The van der Waals surface area contributed by atoms with Crippen LogP contribution in [0.1, 0.15) is 5.56 Å². The van der Waals surface area contributed by atoms with Gasteiger partial charge in [0.25, 0.3) is 0 Å². The molecule has 1 aromatic heterocycles. The van der Waals surface area contributed by atoms with Crippen LogP contribution in [0.25, 0.3) is 0 Å². The molecule has 3 rings (SSSR count). The van der Waals surface area contributed by atoms with Crippen molar-refractivity contribution in [2.24, 2.45) is 0 Å². The maximum absolute atomic E-state index is 13.1. The Morgan fingerprint density at radius 2 is 1.62 bits per heavy atom. The Balaban J connectivity index is 1.85. The molecule has 0 bridgehead atoms. The SMILES string of the molecule is COc1ccccc1Nc1nncc(Nc2ccccc2C(F)(F)F)n1. The van der Waals surface area contributed by atoms with Crippen LogP contribution in [0.5, 0.6) is 5.75 Å². The standard InChI is InChI=1S/C17H14F3N5O/c1-26-14-9-5-4-8-13(14)23-16-24-15(10-21-25-16)22-12-7-3-2-6-11(12)17(18,19)20/h2-10H,1H3,(H2,22,23,24,25). The summed E-state index contributed by atoms with van der Waals surface area (Å²) >= 11 is 0. The topological polar surface area (TPSA) is 72.0 Å². The van der Waals surface area contributed by atoms with Crippen molar-refractivity contribution in [1.82, 2.24) is 15.2 Å². The molecule has 0 radical (unpaired) electrons. The molecule has 6 nitrogen and oxygen atoms in total. The average molecular weight is 361 g/mol. The quantitative estimate of drug-likeness (QED) is 0.702. The van der Waals surface area contributed by atoms with E-state index in [1.807, 2.05) is 0 Å². The summed E-state index contributed by atoms with van der Waals surface area (Å²) in [6.45, 7) is 0. The number of alkyl halides is 3. The lowest BCUT2D eigenvalue weighted by atomic mass is 10.1. The fraction of sp³-hybridized carbons (Fsp3) is 0.118. The largest absolute Gasteiger partial charge is 0.495 e. The average Bonchev–Trinajstić information content (AvgIpc) is 2.62. The Morgan fingerprint density at radius 3 is 2.35 bits per heavy atom. The summed E-state index contributed by atoms with van der Waals surface area (Å²) in [5.74, 6) is 0.801.